The molecule has 6 heteroatoms. The van der Waals surface area contributed by atoms with E-state index in [4.69, 9.17) is 9.47 Å². The molecular weight excluding hydrogens is 356 g/mol. The zero-order valence-electron chi connectivity index (χ0n) is 17.4. The highest BCUT2D eigenvalue weighted by molar-refractivity contribution is 5.98. The molecule has 0 bridgehead atoms. The van der Waals surface area contributed by atoms with Crippen LogP contribution in [-0.4, -0.2) is 54.5 Å². The van der Waals surface area contributed by atoms with E-state index in [2.05, 4.69) is 17.1 Å². The average Bonchev–Trinajstić information content (AvgIpc) is 2.72. The van der Waals surface area contributed by atoms with Crippen molar-refractivity contribution in [2.24, 2.45) is 5.92 Å². The van der Waals surface area contributed by atoms with Crippen LogP contribution in [0.15, 0.2) is 18.2 Å². The highest BCUT2D eigenvalue weighted by atomic mass is 16.6. The third-order valence-corrected chi connectivity index (χ3v) is 6.00. The van der Waals surface area contributed by atoms with Gasteiger partial charge in [0, 0.05) is 17.0 Å². The SMILES string of the molecule is CCC(C)(C)NC(=O)C(C)N1CCC(C(=O)c2ccc3c(c2)OCCO3)CC1. The third kappa shape index (κ3) is 4.66. The Labute approximate surface area is 167 Å². The van der Waals surface area contributed by atoms with E-state index in [0.717, 1.165) is 32.4 Å². The summed E-state index contributed by atoms with van der Waals surface area (Å²) in [6.07, 6.45) is 2.42. The van der Waals surface area contributed by atoms with Crippen molar-refractivity contribution in [3.63, 3.8) is 0 Å². The van der Waals surface area contributed by atoms with Gasteiger partial charge in [0.1, 0.15) is 13.2 Å². The number of ketones is 1. The third-order valence-electron chi connectivity index (χ3n) is 6.00. The molecule has 0 aliphatic carbocycles. The monoisotopic (exact) mass is 388 g/mol. The molecule has 1 aromatic carbocycles. The zero-order valence-corrected chi connectivity index (χ0v) is 17.4. The van der Waals surface area contributed by atoms with Crippen LogP contribution < -0.4 is 14.8 Å². The van der Waals surface area contributed by atoms with Crippen molar-refractivity contribution < 1.29 is 19.1 Å². The van der Waals surface area contributed by atoms with Crippen molar-refractivity contribution in [2.45, 2.75) is 58.5 Å². The molecule has 0 spiro atoms. The van der Waals surface area contributed by atoms with Gasteiger partial charge >= 0.3 is 0 Å². The van der Waals surface area contributed by atoms with Gasteiger partial charge in [-0.3, -0.25) is 14.5 Å². The number of ether oxygens (including phenoxy) is 2. The van der Waals surface area contributed by atoms with Crippen LogP contribution in [0.5, 0.6) is 11.5 Å². The summed E-state index contributed by atoms with van der Waals surface area (Å²) in [7, 11) is 0. The van der Waals surface area contributed by atoms with Gasteiger partial charge in [0.05, 0.1) is 6.04 Å². The second-order valence-corrected chi connectivity index (χ2v) is 8.44. The van der Waals surface area contributed by atoms with Gasteiger partial charge in [-0.15, -0.1) is 0 Å². The first-order chi connectivity index (χ1) is 13.3. The summed E-state index contributed by atoms with van der Waals surface area (Å²) in [6.45, 7) is 10.7. The molecule has 1 saturated heterocycles. The van der Waals surface area contributed by atoms with Gasteiger partial charge < -0.3 is 14.8 Å². The molecule has 0 saturated carbocycles. The molecule has 0 aromatic heterocycles. The maximum Gasteiger partial charge on any atom is 0.237 e. The topological polar surface area (TPSA) is 67.9 Å². The fraction of sp³-hybridized carbons (Fsp3) is 0.636. The highest BCUT2D eigenvalue weighted by Gasteiger charge is 2.32. The largest absolute Gasteiger partial charge is 0.486 e. The molecule has 154 valence electrons. The van der Waals surface area contributed by atoms with Gasteiger partial charge in [0.25, 0.3) is 0 Å². The van der Waals surface area contributed by atoms with E-state index in [1.54, 1.807) is 6.07 Å². The Hall–Kier alpha value is -2.08. The van der Waals surface area contributed by atoms with Gasteiger partial charge in [0.15, 0.2) is 17.3 Å². The van der Waals surface area contributed by atoms with E-state index in [1.165, 1.54) is 0 Å². The smallest absolute Gasteiger partial charge is 0.237 e. The lowest BCUT2D eigenvalue weighted by Gasteiger charge is -2.36. The minimum absolute atomic E-state index is 0.0128. The van der Waals surface area contributed by atoms with Crippen LogP contribution in [0.1, 0.15) is 57.3 Å². The maximum absolute atomic E-state index is 12.9. The fourth-order valence-electron chi connectivity index (χ4n) is 3.67. The number of carbonyl (C=O) groups excluding carboxylic acids is 2. The number of hydrogen-bond donors (Lipinski definition) is 1. The second-order valence-electron chi connectivity index (χ2n) is 8.44. The Morgan fingerprint density at radius 1 is 1.18 bits per heavy atom. The van der Waals surface area contributed by atoms with E-state index in [1.807, 2.05) is 32.9 Å². The molecule has 1 amide bonds. The van der Waals surface area contributed by atoms with Crippen molar-refractivity contribution >= 4 is 11.7 Å². The Morgan fingerprint density at radius 2 is 1.82 bits per heavy atom. The van der Waals surface area contributed by atoms with Crippen LogP contribution in [0, 0.1) is 5.92 Å². The summed E-state index contributed by atoms with van der Waals surface area (Å²) in [6, 6.07) is 5.26. The number of nitrogens with zero attached hydrogens (tertiary/aromatic N) is 1. The minimum atomic E-state index is -0.197. The van der Waals surface area contributed by atoms with E-state index in [-0.39, 0.29) is 29.2 Å². The Morgan fingerprint density at radius 3 is 2.46 bits per heavy atom. The van der Waals surface area contributed by atoms with Crippen LogP contribution in [0.25, 0.3) is 0 Å². The molecule has 3 rings (SSSR count). The summed E-state index contributed by atoms with van der Waals surface area (Å²) in [5.74, 6) is 1.55. The van der Waals surface area contributed by atoms with Crippen molar-refractivity contribution in [2.75, 3.05) is 26.3 Å². The lowest BCUT2D eigenvalue weighted by atomic mass is 9.88. The molecule has 0 radical (unpaired) electrons. The molecule has 1 aromatic rings. The van der Waals surface area contributed by atoms with Crippen LogP contribution in [0.4, 0.5) is 0 Å². The number of piperidine rings is 1. The van der Waals surface area contributed by atoms with Gasteiger partial charge in [-0.25, -0.2) is 0 Å². The number of likely N-dealkylation sites (tertiary alicyclic amines) is 1. The summed E-state index contributed by atoms with van der Waals surface area (Å²) in [5, 5.41) is 3.12. The van der Waals surface area contributed by atoms with Crippen LogP contribution in [0.3, 0.4) is 0 Å². The molecule has 28 heavy (non-hydrogen) atoms. The normalized spacial score (nSPS) is 19.1. The molecule has 1 atom stereocenters. The Kier molecular flexibility index (Phi) is 6.28. The lowest BCUT2D eigenvalue weighted by Crippen LogP contribution is -2.53. The fourth-order valence-corrected chi connectivity index (χ4v) is 3.67. The van der Waals surface area contributed by atoms with E-state index < -0.39 is 0 Å². The molecule has 1 fully saturated rings. The molecule has 2 aliphatic heterocycles. The van der Waals surface area contributed by atoms with Crippen LogP contribution >= 0.6 is 0 Å². The summed E-state index contributed by atoms with van der Waals surface area (Å²) in [5.41, 5.74) is 0.482. The molecule has 2 aliphatic rings. The lowest BCUT2D eigenvalue weighted by molar-refractivity contribution is -0.128. The average molecular weight is 389 g/mol. The predicted molar refractivity (Wildman–Crippen MR) is 108 cm³/mol. The van der Waals surface area contributed by atoms with Gasteiger partial charge in [0.2, 0.25) is 5.91 Å². The number of hydrogen-bond acceptors (Lipinski definition) is 5. The number of rotatable bonds is 6. The first-order valence-electron chi connectivity index (χ1n) is 10.3. The summed E-state index contributed by atoms with van der Waals surface area (Å²) >= 11 is 0. The van der Waals surface area contributed by atoms with Gasteiger partial charge in [-0.1, -0.05) is 6.92 Å². The first-order valence-corrected chi connectivity index (χ1v) is 10.3. The quantitative estimate of drug-likeness (QED) is 0.759. The predicted octanol–water partition coefficient (Wildman–Crippen LogP) is 3.05. The number of amides is 1. The molecule has 6 nitrogen and oxygen atoms in total. The number of fused-ring (bicyclic) bond motifs is 1. The van der Waals surface area contributed by atoms with Crippen molar-refractivity contribution in [3.8, 4) is 11.5 Å². The summed E-state index contributed by atoms with van der Waals surface area (Å²) < 4.78 is 11.1. The second kappa shape index (κ2) is 8.52. The van der Waals surface area contributed by atoms with Gasteiger partial charge in [-0.2, -0.15) is 0 Å². The van der Waals surface area contributed by atoms with Crippen molar-refractivity contribution in [1.82, 2.24) is 10.2 Å². The molecule has 2 heterocycles. The van der Waals surface area contributed by atoms with Crippen molar-refractivity contribution in [3.05, 3.63) is 23.8 Å². The molecule has 1 unspecified atom stereocenters. The number of nitrogens with one attached hydrogen (secondary N) is 1. The summed E-state index contributed by atoms with van der Waals surface area (Å²) in [4.78, 5) is 27.6. The van der Waals surface area contributed by atoms with Crippen LogP contribution in [-0.2, 0) is 4.79 Å². The van der Waals surface area contributed by atoms with Gasteiger partial charge in [-0.05, 0) is 71.3 Å². The van der Waals surface area contributed by atoms with E-state index in [0.29, 0.717) is 30.3 Å². The molecule has 1 N–H and O–H groups in total. The van der Waals surface area contributed by atoms with E-state index in [9.17, 15) is 9.59 Å². The van der Waals surface area contributed by atoms with Crippen molar-refractivity contribution in [1.29, 1.82) is 0 Å². The number of carbonyl (C=O) groups is 2. The zero-order chi connectivity index (χ0) is 20.3. The number of Topliss-reactive ketones (excluding diaryl/α,β-unsaturated/α-hetero) is 1. The maximum atomic E-state index is 12.9. The minimum Gasteiger partial charge on any atom is -0.486 e. The van der Waals surface area contributed by atoms with Crippen LogP contribution in [0.2, 0.25) is 0 Å². The first kappa shape index (κ1) is 20.6. The highest BCUT2D eigenvalue weighted by Crippen LogP contribution is 2.32. The number of benzene rings is 1. The standard InChI is InChI=1S/C22H32N2O4/c1-5-22(3,4)23-21(26)15(2)24-10-8-16(9-11-24)20(25)17-6-7-18-19(14-17)28-13-12-27-18/h6-7,14-16H,5,8-13H2,1-4H3,(H,23,26). The Balaban J connectivity index is 1.56. The molecular formula is C22H32N2O4. The van der Waals surface area contributed by atoms with E-state index >= 15 is 0 Å². The Bertz CT molecular complexity index is 723.